The van der Waals surface area contributed by atoms with E-state index in [1.165, 1.54) is 0 Å². The van der Waals surface area contributed by atoms with Crippen molar-refractivity contribution in [2.24, 2.45) is 0 Å². The van der Waals surface area contributed by atoms with Crippen LogP contribution in [-0.4, -0.2) is 30.4 Å². The van der Waals surface area contributed by atoms with E-state index in [1.807, 2.05) is 0 Å². The molecule has 4 nitrogen and oxygen atoms in total. The van der Waals surface area contributed by atoms with Gasteiger partial charge in [-0.1, -0.05) is 44.0 Å². The third-order valence-electron chi connectivity index (χ3n) is 4.11. The van der Waals surface area contributed by atoms with Crippen LogP contribution in [0.2, 0.25) is 0 Å². The molecule has 118 valence electrons. The van der Waals surface area contributed by atoms with Gasteiger partial charge in [-0.2, -0.15) is 4.31 Å². The largest absolute Gasteiger partial charge is 0.392 e. The van der Waals surface area contributed by atoms with Gasteiger partial charge in [0.2, 0.25) is 10.0 Å². The zero-order chi connectivity index (χ0) is 15.3. The Morgan fingerprint density at radius 1 is 1.19 bits per heavy atom. The van der Waals surface area contributed by atoms with Crippen LogP contribution in [0.25, 0.3) is 0 Å². The average molecular weight is 311 g/mol. The van der Waals surface area contributed by atoms with Gasteiger partial charge in [0.1, 0.15) is 0 Å². The Hall–Kier alpha value is -0.910. The normalized spacial score (nSPS) is 20.6. The van der Waals surface area contributed by atoms with Crippen molar-refractivity contribution in [1.29, 1.82) is 0 Å². The number of rotatable bonds is 6. The molecule has 1 N–H and O–H groups in total. The topological polar surface area (TPSA) is 57.6 Å². The van der Waals surface area contributed by atoms with E-state index in [9.17, 15) is 8.42 Å². The molecule has 1 atom stereocenters. The van der Waals surface area contributed by atoms with E-state index in [4.69, 9.17) is 5.11 Å². The number of sulfonamides is 1. The number of hydrogen-bond acceptors (Lipinski definition) is 3. The molecule has 0 spiro atoms. The van der Waals surface area contributed by atoms with Gasteiger partial charge in [-0.25, -0.2) is 8.42 Å². The average Bonchev–Trinajstić information content (AvgIpc) is 2.48. The molecule has 2 rings (SSSR count). The molecule has 1 unspecified atom stereocenters. The second-order valence-corrected chi connectivity index (χ2v) is 7.70. The summed E-state index contributed by atoms with van der Waals surface area (Å²) in [6, 6.07) is 7.32. The summed E-state index contributed by atoms with van der Waals surface area (Å²) < 4.78 is 27.1. The molecule has 21 heavy (non-hydrogen) atoms. The second kappa shape index (κ2) is 7.38. The summed E-state index contributed by atoms with van der Waals surface area (Å²) in [6.07, 6.45) is 5.03. The number of aliphatic hydroxyl groups excluding tert-OH is 1. The number of aliphatic hydroxyl groups is 1. The molecular formula is C16H25NO3S. The molecule has 1 aliphatic rings. The van der Waals surface area contributed by atoms with Gasteiger partial charge >= 0.3 is 0 Å². The summed E-state index contributed by atoms with van der Waals surface area (Å²) in [5.74, 6) is 0.0545. The first-order valence-corrected chi connectivity index (χ1v) is 9.36. The molecule has 1 aliphatic heterocycles. The molecular weight excluding hydrogens is 286 g/mol. The fraction of sp³-hybridized carbons (Fsp3) is 0.625. The number of piperidine rings is 1. The van der Waals surface area contributed by atoms with Crippen LogP contribution in [0, 0.1) is 0 Å². The van der Waals surface area contributed by atoms with E-state index < -0.39 is 10.0 Å². The van der Waals surface area contributed by atoms with E-state index in [0.717, 1.165) is 43.2 Å². The minimum absolute atomic E-state index is 0.0161. The second-order valence-electron chi connectivity index (χ2n) is 5.78. The highest BCUT2D eigenvalue weighted by atomic mass is 32.2. The molecule has 0 aromatic heterocycles. The van der Waals surface area contributed by atoms with Crippen molar-refractivity contribution in [3.8, 4) is 0 Å². The molecule has 0 amide bonds. The van der Waals surface area contributed by atoms with Crippen molar-refractivity contribution in [3.05, 3.63) is 35.4 Å². The summed E-state index contributed by atoms with van der Waals surface area (Å²) >= 11 is 0. The first-order chi connectivity index (χ1) is 10.1. The molecule has 0 aliphatic carbocycles. The molecule has 0 saturated carbocycles. The first-order valence-electron chi connectivity index (χ1n) is 7.75. The number of hydrogen-bond donors (Lipinski definition) is 1. The molecule has 5 heteroatoms. The molecule has 1 fully saturated rings. The van der Waals surface area contributed by atoms with Crippen molar-refractivity contribution in [2.45, 2.75) is 57.4 Å². The van der Waals surface area contributed by atoms with E-state index in [1.54, 1.807) is 28.6 Å². The predicted octanol–water partition coefficient (Wildman–Crippen LogP) is 2.66. The lowest BCUT2D eigenvalue weighted by Crippen LogP contribution is -2.44. The predicted molar refractivity (Wildman–Crippen MR) is 84.2 cm³/mol. The van der Waals surface area contributed by atoms with E-state index in [0.29, 0.717) is 6.54 Å². The minimum Gasteiger partial charge on any atom is -0.392 e. The quantitative estimate of drug-likeness (QED) is 0.878. The van der Waals surface area contributed by atoms with Crippen LogP contribution in [0.5, 0.6) is 0 Å². The van der Waals surface area contributed by atoms with Crippen molar-refractivity contribution in [1.82, 2.24) is 4.31 Å². The maximum absolute atomic E-state index is 12.7. The monoisotopic (exact) mass is 311 g/mol. The van der Waals surface area contributed by atoms with Gasteiger partial charge in [-0.05, 0) is 30.4 Å². The Morgan fingerprint density at radius 2 is 1.86 bits per heavy atom. The van der Waals surface area contributed by atoms with Crippen LogP contribution in [-0.2, 0) is 22.4 Å². The van der Waals surface area contributed by atoms with Gasteiger partial charge < -0.3 is 5.11 Å². The summed E-state index contributed by atoms with van der Waals surface area (Å²) in [7, 11) is -3.26. The van der Waals surface area contributed by atoms with Gasteiger partial charge in [-0.15, -0.1) is 0 Å². The number of nitrogens with zero attached hydrogens (tertiary/aromatic N) is 1. The van der Waals surface area contributed by atoms with Crippen molar-refractivity contribution in [2.75, 3.05) is 6.54 Å². The highest BCUT2D eigenvalue weighted by Gasteiger charge is 2.31. The highest BCUT2D eigenvalue weighted by molar-refractivity contribution is 7.88. The fourth-order valence-corrected chi connectivity index (χ4v) is 4.85. The molecule has 0 bridgehead atoms. The van der Waals surface area contributed by atoms with Gasteiger partial charge in [0.05, 0.1) is 12.4 Å². The van der Waals surface area contributed by atoms with Crippen LogP contribution in [0.4, 0.5) is 0 Å². The minimum atomic E-state index is -3.26. The lowest BCUT2D eigenvalue weighted by atomic mass is 10.0. The zero-order valence-corrected chi connectivity index (χ0v) is 13.5. The van der Waals surface area contributed by atoms with E-state index in [2.05, 4.69) is 6.92 Å². The Balaban J connectivity index is 2.11. The SMILES string of the molecule is CCCC1CCCCN1S(=O)(=O)Cc1ccc(CO)cc1. The maximum atomic E-state index is 12.7. The van der Waals surface area contributed by atoms with Crippen LogP contribution in [0.3, 0.4) is 0 Å². The van der Waals surface area contributed by atoms with Crippen LogP contribution < -0.4 is 0 Å². The van der Waals surface area contributed by atoms with Gasteiger partial charge in [-0.3, -0.25) is 0 Å². The molecule has 1 saturated heterocycles. The molecule has 1 heterocycles. The van der Waals surface area contributed by atoms with Crippen molar-refractivity contribution < 1.29 is 13.5 Å². The third-order valence-corrected chi connectivity index (χ3v) is 6.00. The van der Waals surface area contributed by atoms with Gasteiger partial charge in [0.25, 0.3) is 0 Å². The summed E-state index contributed by atoms with van der Waals surface area (Å²) in [5.41, 5.74) is 1.59. The Kier molecular flexibility index (Phi) is 5.79. The van der Waals surface area contributed by atoms with E-state index >= 15 is 0 Å². The first kappa shape index (κ1) is 16.5. The highest BCUT2D eigenvalue weighted by Crippen LogP contribution is 2.25. The van der Waals surface area contributed by atoms with Crippen molar-refractivity contribution in [3.63, 3.8) is 0 Å². The lowest BCUT2D eigenvalue weighted by Gasteiger charge is -2.34. The Bertz CT molecular complexity index is 537. The molecule has 1 aromatic carbocycles. The van der Waals surface area contributed by atoms with Crippen LogP contribution >= 0.6 is 0 Å². The van der Waals surface area contributed by atoms with Gasteiger partial charge in [0, 0.05) is 12.6 Å². The smallest absolute Gasteiger partial charge is 0.218 e. The maximum Gasteiger partial charge on any atom is 0.218 e. The Morgan fingerprint density at radius 3 is 2.48 bits per heavy atom. The summed E-state index contributed by atoms with van der Waals surface area (Å²) in [4.78, 5) is 0. The van der Waals surface area contributed by atoms with E-state index in [-0.39, 0.29) is 18.4 Å². The van der Waals surface area contributed by atoms with Crippen LogP contribution in [0.1, 0.15) is 50.2 Å². The molecule has 0 radical (unpaired) electrons. The van der Waals surface area contributed by atoms with Crippen LogP contribution in [0.15, 0.2) is 24.3 Å². The zero-order valence-electron chi connectivity index (χ0n) is 12.7. The summed E-state index contributed by atoms with van der Waals surface area (Å²) in [5, 5.41) is 9.03. The Labute approximate surface area is 127 Å². The summed E-state index contributed by atoms with van der Waals surface area (Å²) in [6.45, 7) is 2.74. The molecule has 1 aromatic rings. The van der Waals surface area contributed by atoms with Gasteiger partial charge in [0.15, 0.2) is 0 Å². The fourth-order valence-electron chi connectivity index (χ4n) is 3.00. The van der Waals surface area contributed by atoms with Crippen molar-refractivity contribution >= 4 is 10.0 Å². The lowest BCUT2D eigenvalue weighted by molar-refractivity contribution is 0.239. The number of benzene rings is 1. The standard InChI is InChI=1S/C16H25NO3S/c1-2-5-16-6-3-4-11-17(16)21(19,20)13-15-9-7-14(12-18)8-10-15/h7-10,16,18H,2-6,11-13H2,1H3. The third kappa shape index (κ3) is 4.28.